The van der Waals surface area contributed by atoms with Crippen LogP contribution in [-0.2, 0) is 9.53 Å². The molecule has 0 bridgehead atoms. The molecule has 6 heteroatoms. The Morgan fingerprint density at radius 3 is 3.06 bits per heavy atom. The molecule has 0 aliphatic carbocycles. The van der Waals surface area contributed by atoms with Crippen molar-refractivity contribution in [1.82, 2.24) is 4.98 Å². The van der Waals surface area contributed by atoms with Crippen LogP contribution in [0.25, 0.3) is 0 Å². The number of hydrogen-bond acceptors (Lipinski definition) is 5. The molecule has 1 amide bonds. The molecule has 82 valence electrons. The number of nitriles is 1. The second-order valence-corrected chi connectivity index (χ2v) is 3.31. The zero-order chi connectivity index (χ0) is 11.5. The Hall–Kier alpha value is -2.13. The summed E-state index contributed by atoms with van der Waals surface area (Å²) in [7, 11) is 0. The molecule has 0 spiro atoms. The molecule has 0 saturated carbocycles. The van der Waals surface area contributed by atoms with Crippen molar-refractivity contribution in [3.8, 4) is 6.07 Å². The molecule has 0 atom stereocenters. The van der Waals surface area contributed by atoms with Crippen molar-refractivity contribution in [3.63, 3.8) is 0 Å². The number of ether oxygens (including phenoxy) is 1. The molecule has 16 heavy (non-hydrogen) atoms. The summed E-state index contributed by atoms with van der Waals surface area (Å²) in [5, 5.41) is 8.92. The molecule has 0 unspecified atom stereocenters. The maximum atomic E-state index is 11.6. The number of anilines is 2. The van der Waals surface area contributed by atoms with Crippen LogP contribution in [0.1, 0.15) is 5.69 Å². The third kappa shape index (κ3) is 1.81. The number of nitrogens with two attached hydrogens (primary N) is 1. The van der Waals surface area contributed by atoms with Crippen molar-refractivity contribution in [1.29, 1.82) is 5.26 Å². The van der Waals surface area contributed by atoms with Gasteiger partial charge in [-0.15, -0.1) is 0 Å². The average molecular weight is 218 g/mol. The van der Waals surface area contributed by atoms with Crippen molar-refractivity contribution in [3.05, 3.63) is 17.8 Å². The lowest BCUT2D eigenvalue weighted by Gasteiger charge is -2.27. The summed E-state index contributed by atoms with van der Waals surface area (Å²) < 4.78 is 5.01. The smallest absolute Gasteiger partial charge is 0.253 e. The number of nitrogen functional groups attached to an aromatic ring is 1. The summed E-state index contributed by atoms with van der Waals surface area (Å²) in [6, 6.07) is 5.13. The lowest BCUT2D eigenvalue weighted by atomic mass is 10.2. The first-order valence-corrected chi connectivity index (χ1v) is 4.77. The first kappa shape index (κ1) is 10.4. The van der Waals surface area contributed by atoms with Gasteiger partial charge in [-0.3, -0.25) is 4.79 Å². The fraction of sp³-hybridized carbons (Fsp3) is 0.300. The van der Waals surface area contributed by atoms with Gasteiger partial charge in [-0.2, -0.15) is 5.26 Å². The highest BCUT2D eigenvalue weighted by molar-refractivity contribution is 5.95. The molecule has 1 aliphatic heterocycles. The lowest BCUT2D eigenvalue weighted by molar-refractivity contribution is -0.125. The van der Waals surface area contributed by atoms with Gasteiger partial charge in [0.2, 0.25) is 0 Å². The topological polar surface area (TPSA) is 92.2 Å². The molecule has 2 heterocycles. The molecule has 6 nitrogen and oxygen atoms in total. The third-order valence-corrected chi connectivity index (χ3v) is 2.28. The van der Waals surface area contributed by atoms with Gasteiger partial charge in [0.1, 0.15) is 18.5 Å². The van der Waals surface area contributed by atoms with Gasteiger partial charge < -0.3 is 15.4 Å². The van der Waals surface area contributed by atoms with Crippen LogP contribution in [0.2, 0.25) is 0 Å². The maximum Gasteiger partial charge on any atom is 0.253 e. The van der Waals surface area contributed by atoms with Gasteiger partial charge in [0.05, 0.1) is 12.3 Å². The fourth-order valence-electron chi connectivity index (χ4n) is 1.54. The van der Waals surface area contributed by atoms with E-state index in [0.717, 1.165) is 0 Å². The molecule has 0 aromatic carbocycles. The van der Waals surface area contributed by atoms with E-state index in [1.165, 1.54) is 4.90 Å². The van der Waals surface area contributed by atoms with Crippen LogP contribution in [0.3, 0.4) is 0 Å². The van der Waals surface area contributed by atoms with Gasteiger partial charge in [-0.25, -0.2) is 4.98 Å². The number of carbonyl (C=O) groups excluding carboxylic acids is 1. The summed E-state index contributed by atoms with van der Waals surface area (Å²) in [5.41, 5.74) is 6.13. The number of rotatable bonds is 1. The van der Waals surface area contributed by atoms with Crippen molar-refractivity contribution in [2.24, 2.45) is 0 Å². The highest BCUT2D eigenvalue weighted by atomic mass is 16.5. The number of hydrogen-bond donors (Lipinski definition) is 1. The van der Waals surface area contributed by atoms with E-state index < -0.39 is 0 Å². The molecule has 2 N–H and O–H groups in total. The Balaban J connectivity index is 2.39. The van der Waals surface area contributed by atoms with E-state index in [2.05, 4.69) is 4.98 Å². The summed E-state index contributed by atoms with van der Waals surface area (Å²) in [5.74, 6) is 0.0929. The molecule has 1 fully saturated rings. The Bertz CT molecular complexity index is 466. The first-order valence-electron chi connectivity index (χ1n) is 4.77. The van der Waals surface area contributed by atoms with Crippen molar-refractivity contribution >= 4 is 17.4 Å². The normalized spacial score (nSPS) is 15.9. The molecule has 0 radical (unpaired) electrons. The predicted octanol–water partition coefficient (Wildman–Crippen LogP) is -0.101. The number of aromatic nitrogens is 1. The summed E-state index contributed by atoms with van der Waals surface area (Å²) in [6.07, 6.45) is 0. The minimum Gasteiger partial charge on any atom is -0.384 e. The molecule has 2 rings (SSSR count). The predicted molar refractivity (Wildman–Crippen MR) is 56.5 cm³/mol. The second-order valence-electron chi connectivity index (χ2n) is 3.31. The van der Waals surface area contributed by atoms with Crippen molar-refractivity contribution in [2.75, 3.05) is 30.4 Å². The molecule has 1 aliphatic rings. The van der Waals surface area contributed by atoms with Crippen LogP contribution in [0.5, 0.6) is 0 Å². The molecule has 1 aromatic heterocycles. The second kappa shape index (κ2) is 4.16. The van der Waals surface area contributed by atoms with Crippen LogP contribution in [0.4, 0.5) is 11.5 Å². The van der Waals surface area contributed by atoms with Crippen LogP contribution in [0, 0.1) is 11.3 Å². The van der Waals surface area contributed by atoms with E-state index in [0.29, 0.717) is 18.8 Å². The zero-order valence-corrected chi connectivity index (χ0v) is 8.51. The Kier molecular flexibility index (Phi) is 2.70. The van der Waals surface area contributed by atoms with Crippen LogP contribution in [-0.4, -0.2) is 30.6 Å². The monoisotopic (exact) mass is 218 g/mol. The van der Waals surface area contributed by atoms with Crippen LogP contribution >= 0.6 is 0 Å². The molecular weight excluding hydrogens is 208 g/mol. The Morgan fingerprint density at radius 1 is 1.56 bits per heavy atom. The van der Waals surface area contributed by atoms with Crippen molar-refractivity contribution < 1.29 is 9.53 Å². The zero-order valence-electron chi connectivity index (χ0n) is 8.51. The van der Waals surface area contributed by atoms with E-state index in [1.807, 2.05) is 6.07 Å². The molecule has 1 saturated heterocycles. The number of nitrogens with zero attached hydrogens (tertiary/aromatic N) is 3. The number of amides is 1. The number of morpholine rings is 1. The number of pyridine rings is 1. The van der Waals surface area contributed by atoms with Gasteiger partial charge in [0.25, 0.3) is 5.91 Å². The summed E-state index contributed by atoms with van der Waals surface area (Å²) in [4.78, 5) is 17.0. The first-order chi connectivity index (χ1) is 7.72. The Labute approximate surface area is 92.2 Å². The van der Waals surface area contributed by atoms with Crippen molar-refractivity contribution in [2.45, 2.75) is 0 Å². The van der Waals surface area contributed by atoms with Gasteiger partial charge in [-0.1, -0.05) is 0 Å². The quantitative estimate of drug-likeness (QED) is 0.710. The summed E-state index contributed by atoms with van der Waals surface area (Å²) >= 11 is 0. The van der Waals surface area contributed by atoms with Gasteiger partial charge >= 0.3 is 0 Å². The lowest BCUT2D eigenvalue weighted by Crippen LogP contribution is -2.42. The van der Waals surface area contributed by atoms with E-state index in [-0.39, 0.29) is 24.0 Å². The highest BCUT2D eigenvalue weighted by Gasteiger charge is 2.23. The number of carbonyl (C=O) groups is 1. The standard InChI is InChI=1S/C10H10N4O2/c11-5-7-8(1-2-9(12)13-7)14-3-4-16-6-10(14)15/h1-2H,3-4,6H2,(H2,12,13). The SMILES string of the molecule is N#Cc1nc(N)ccc1N1CCOCC1=O. The largest absolute Gasteiger partial charge is 0.384 e. The molecular formula is C10H10N4O2. The summed E-state index contributed by atoms with van der Waals surface area (Å²) in [6.45, 7) is 0.926. The fourth-order valence-corrected chi connectivity index (χ4v) is 1.54. The van der Waals surface area contributed by atoms with Crippen LogP contribution < -0.4 is 10.6 Å². The minimum atomic E-state index is -0.172. The third-order valence-electron chi connectivity index (χ3n) is 2.28. The highest BCUT2D eigenvalue weighted by Crippen LogP contribution is 2.21. The van der Waals surface area contributed by atoms with E-state index in [9.17, 15) is 4.79 Å². The van der Waals surface area contributed by atoms with E-state index >= 15 is 0 Å². The van der Waals surface area contributed by atoms with E-state index in [4.69, 9.17) is 15.7 Å². The molecule has 1 aromatic rings. The Morgan fingerprint density at radius 2 is 2.38 bits per heavy atom. The van der Waals surface area contributed by atoms with Gasteiger partial charge in [-0.05, 0) is 12.1 Å². The van der Waals surface area contributed by atoms with E-state index in [1.54, 1.807) is 12.1 Å². The van der Waals surface area contributed by atoms with Gasteiger partial charge in [0, 0.05) is 6.54 Å². The van der Waals surface area contributed by atoms with Crippen LogP contribution in [0.15, 0.2) is 12.1 Å². The maximum absolute atomic E-state index is 11.6. The van der Waals surface area contributed by atoms with Gasteiger partial charge in [0.15, 0.2) is 5.69 Å². The minimum absolute atomic E-state index is 0.0369. The average Bonchev–Trinajstić information content (AvgIpc) is 2.30.